The van der Waals surface area contributed by atoms with E-state index in [0.717, 1.165) is 154 Å². The average molecular weight is 1260 g/mol. The number of carbonyl (C=O) groups excluding carboxylic acids is 2. The second-order valence-electron chi connectivity index (χ2n) is 23.9. The molecule has 1 unspecified atom stereocenters. The van der Waals surface area contributed by atoms with Gasteiger partial charge in [-0.3, -0.25) is 9.59 Å². The molecule has 0 amide bonds. The molecule has 1 atom stereocenters. The van der Waals surface area contributed by atoms with E-state index in [9.17, 15) is 14.7 Å². The van der Waals surface area contributed by atoms with Crippen LogP contribution in [0.5, 0.6) is 0 Å². The second-order valence-corrected chi connectivity index (χ2v) is 23.9. The number of ether oxygens (including phenoxy) is 2. The Morgan fingerprint density at radius 2 is 0.435 bits per heavy atom. The first kappa shape index (κ1) is 86.2. The number of unbranched alkanes of at least 4 members (excludes halogenated alkanes) is 22. The zero-order valence-corrected chi connectivity index (χ0v) is 59.0. The monoisotopic (exact) mass is 1260 g/mol. The fraction of sp³-hybridized carbons (Fsp3) is 0.563. The van der Waals surface area contributed by atoms with E-state index in [1.54, 1.807) is 0 Å². The van der Waals surface area contributed by atoms with Crippen LogP contribution in [0.4, 0.5) is 0 Å². The molecule has 0 aliphatic carbocycles. The normalized spacial score (nSPS) is 13.6. The van der Waals surface area contributed by atoms with E-state index in [1.165, 1.54) is 116 Å². The maximum absolute atomic E-state index is 12.4. The van der Waals surface area contributed by atoms with Gasteiger partial charge in [0.1, 0.15) is 6.61 Å². The smallest absolute Gasteiger partial charge is 0.306 e. The molecule has 0 spiro atoms. The van der Waals surface area contributed by atoms with E-state index < -0.39 is 6.10 Å². The lowest BCUT2D eigenvalue weighted by atomic mass is 10.0. The largest absolute Gasteiger partial charge is 0.462 e. The van der Waals surface area contributed by atoms with Crippen LogP contribution in [0.3, 0.4) is 0 Å². The SMILES string of the molecule is CC/C=C\C/C=C\C/C=C\C/C=C\C/C=C\C/C=C\C/C=C\C/C=C\C/C=C\C/C=C\CCCCCCCCCCCCC(=O)OC(CO)COC(=O)CCCCCCCCCCCCCC/C=C\C/C=C\C/C=C\C/C=C\C/C=C\C/C=C\C/C=C\C/C=C\CC. The minimum absolute atomic E-state index is 0.0800. The van der Waals surface area contributed by atoms with Crippen LogP contribution in [0.1, 0.15) is 296 Å². The molecule has 0 aliphatic heterocycles. The Kier molecular flexibility index (Phi) is 74.5. The van der Waals surface area contributed by atoms with Gasteiger partial charge in [-0.1, -0.05) is 348 Å². The van der Waals surface area contributed by atoms with Crippen LogP contribution < -0.4 is 0 Å². The van der Waals surface area contributed by atoms with E-state index in [4.69, 9.17) is 9.47 Å². The highest BCUT2D eigenvalue weighted by molar-refractivity contribution is 5.70. The van der Waals surface area contributed by atoms with Crippen LogP contribution in [0.25, 0.3) is 0 Å². The van der Waals surface area contributed by atoms with Gasteiger partial charge < -0.3 is 14.6 Å². The number of aliphatic hydroxyl groups excluding tert-OH is 1. The number of hydrogen-bond acceptors (Lipinski definition) is 5. The first-order chi connectivity index (χ1) is 45.6. The second kappa shape index (κ2) is 79.5. The molecule has 5 heteroatoms. The molecule has 1 N–H and O–H groups in total. The summed E-state index contributed by atoms with van der Waals surface area (Å²) < 4.78 is 10.8. The van der Waals surface area contributed by atoms with Crippen molar-refractivity contribution in [3.63, 3.8) is 0 Å². The molecule has 0 aromatic rings. The highest BCUT2D eigenvalue weighted by atomic mass is 16.6. The van der Waals surface area contributed by atoms with Gasteiger partial charge in [-0.2, -0.15) is 0 Å². The lowest BCUT2D eigenvalue weighted by Crippen LogP contribution is -2.28. The Bertz CT molecular complexity index is 2170. The fourth-order valence-corrected chi connectivity index (χ4v) is 9.78. The van der Waals surface area contributed by atoms with Crippen molar-refractivity contribution in [2.45, 2.75) is 302 Å². The number of carbonyl (C=O) groups is 2. The van der Waals surface area contributed by atoms with Crippen molar-refractivity contribution in [1.82, 2.24) is 0 Å². The van der Waals surface area contributed by atoms with Gasteiger partial charge in [0.25, 0.3) is 0 Å². The molecule has 5 nitrogen and oxygen atoms in total. The van der Waals surface area contributed by atoms with E-state index >= 15 is 0 Å². The predicted octanol–water partition coefficient (Wildman–Crippen LogP) is 26.6. The summed E-state index contributed by atoms with van der Waals surface area (Å²) in [4.78, 5) is 24.7. The number of allylic oxidation sites excluding steroid dienone is 36. The quantitative estimate of drug-likeness (QED) is 0.0373. The van der Waals surface area contributed by atoms with Crippen LogP contribution in [0, 0.1) is 0 Å². The molecule has 514 valence electrons. The zero-order valence-electron chi connectivity index (χ0n) is 59.0. The molecule has 0 aromatic heterocycles. The Balaban J connectivity index is 3.58. The Hall–Kier alpha value is -5.78. The van der Waals surface area contributed by atoms with Crippen molar-refractivity contribution in [2.24, 2.45) is 0 Å². The van der Waals surface area contributed by atoms with Crippen molar-refractivity contribution in [1.29, 1.82) is 0 Å². The molecule has 0 fully saturated rings. The molecule has 0 saturated heterocycles. The van der Waals surface area contributed by atoms with Gasteiger partial charge in [-0.15, -0.1) is 0 Å². The standard InChI is InChI=1S/C87H136O5/c1-3-5-7-9-11-13-15-17-19-21-23-25-27-29-31-33-35-37-39-41-42-43-44-46-48-50-52-54-56-58-60-62-64-66-68-70-72-74-76-78-80-82-87(90)92-85(83-88)84-91-86(89)81-79-77-75-73-71-69-67-65-63-61-59-57-55-53-51-49-47-45-40-38-36-34-32-30-28-26-24-22-20-18-16-14-12-10-8-6-4-2/h5-8,11-14,17-20,23-26,29-32,35-38,41-42,44-47,50-53,56,58,85,88H,3-4,9-10,15-16,21-22,27-28,33-34,39-40,43,48-49,54-55,57,59-84H2,1-2H3/b7-5-,8-6-,13-11-,14-12-,19-17-,20-18-,25-23-,26-24-,31-29-,32-30-,37-35-,38-36-,42-41-,46-44-,47-45-,52-50-,53-51-,58-56-. The van der Waals surface area contributed by atoms with Gasteiger partial charge in [0.15, 0.2) is 6.10 Å². The third-order valence-corrected chi connectivity index (χ3v) is 15.3. The zero-order chi connectivity index (χ0) is 66.1. The van der Waals surface area contributed by atoms with E-state index in [0.29, 0.717) is 12.8 Å². The first-order valence-electron chi connectivity index (χ1n) is 37.3. The Morgan fingerprint density at radius 3 is 0.652 bits per heavy atom. The molecule has 0 aliphatic rings. The van der Waals surface area contributed by atoms with Crippen LogP contribution in [-0.4, -0.2) is 36.4 Å². The average Bonchev–Trinajstić information content (AvgIpc) is 3.64. The van der Waals surface area contributed by atoms with Gasteiger partial charge in [-0.05, 0) is 154 Å². The molecule has 0 heterocycles. The first-order valence-corrected chi connectivity index (χ1v) is 37.3. The highest BCUT2D eigenvalue weighted by Crippen LogP contribution is 2.16. The summed E-state index contributed by atoms with van der Waals surface area (Å²) in [7, 11) is 0. The highest BCUT2D eigenvalue weighted by Gasteiger charge is 2.16. The number of rotatable bonds is 66. The molecule has 0 rings (SSSR count). The van der Waals surface area contributed by atoms with E-state index in [1.807, 2.05) is 0 Å². The molecular weight excluding hydrogens is 1120 g/mol. The summed E-state index contributed by atoms with van der Waals surface area (Å²) >= 11 is 0. The minimum atomic E-state index is -0.792. The summed E-state index contributed by atoms with van der Waals surface area (Å²) in [5.74, 6) is -0.606. The summed E-state index contributed by atoms with van der Waals surface area (Å²) in [5, 5.41) is 9.72. The summed E-state index contributed by atoms with van der Waals surface area (Å²) in [6, 6.07) is 0. The number of esters is 2. The van der Waals surface area contributed by atoms with Gasteiger partial charge in [0.2, 0.25) is 0 Å². The van der Waals surface area contributed by atoms with Crippen molar-refractivity contribution >= 4 is 11.9 Å². The van der Waals surface area contributed by atoms with Crippen LogP contribution >= 0.6 is 0 Å². The van der Waals surface area contributed by atoms with Gasteiger partial charge >= 0.3 is 11.9 Å². The third-order valence-electron chi connectivity index (χ3n) is 15.3. The Morgan fingerprint density at radius 1 is 0.250 bits per heavy atom. The van der Waals surface area contributed by atoms with Crippen LogP contribution in [-0.2, 0) is 19.1 Å². The molecule has 0 radical (unpaired) electrons. The van der Waals surface area contributed by atoms with Crippen molar-refractivity contribution < 1.29 is 24.2 Å². The summed E-state index contributed by atoms with van der Waals surface area (Å²) in [6.45, 7) is 3.91. The Labute approximate surface area is 567 Å². The number of aliphatic hydroxyl groups is 1. The summed E-state index contributed by atoms with van der Waals surface area (Å²) in [6.07, 6.45) is 128. The van der Waals surface area contributed by atoms with Crippen molar-refractivity contribution in [3.8, 4) is 0 Å². The van der Waals surface area contributed by atoms with Gasteiger partial charge in [0, 0.05) is 12.8 Å². The molecule has 0 bridgehead atoms. The van der Waals surface area contributed by atoms with E-state index in [2.05, 4.69) is 233 Å². The third kappa shape index (κ3) is 76.7. The topological polar surface area (TPSA) is 72.8 Å². The number of hydrogen-bond donors (Lipinski definition) is 1. The van der Waals surface area contributed by atoms with Crippen LogP contribution in [0.15, 0.2) is 219 Å². The van der Waals surface area contributed by atoms with Gasteiger partial charge in [0.05, 0.1) is 6.61 Å². The van der Waals surface area contributed by atoms with Crippen molar-refractivity contribution in [3.05, 3.63) is 219 Å². The lowest BCUT2D eigenvalue weighted by Gasteiger charge is -2.15. The molecule has 0 saturated carbocycles. The van der Waals surface area contributed by atoms with Crippen molar-refractivity contribution in [2.75, 3.05) is 13.2 Å². The minimum Gasteiger partial charge on any atom is -0.462 e. The molecular formula is C87H136O5. The maximum Gasteiger partial charge on any atom is 0.306 e. The predicted molar refractivity (Wildman–Crippen MR) is 407 cm³/mol. The fourth-order valence-electron chi connectivity index (χ4n) is 9.78. The lowest BCUT2D eigenvalue weighted by molar-refractivity contribution is -0.161. The summed E-state index contributed by atoms with van der Waals surface area (Å²) in [5.41, 5.74) is 0. The molecule has 92 heavy (non-hydrogen) atoms. The molecule has 0 aromatic carbocycles. The van der Waals surface area contributed by atoms with Crippen LogP contribution in [0.2, 0.25) is 0 Å². The van der Waals surface area contributed by atoms with E-state index in [-0.39, 0.29) is 25.2 Å². The maximum atomic E-state index is 12.4. The van der Waals surface area contributed by atoms with Gasteiger partial charge in [-0.25, -0.2) is 0 Å².